The number of nitrogens with zero attached hydrogens (tertiary/aromatic N) is 3. The molecular formula is C50H32BN3S2. The zero-order chi connectivity index (χ0) is 36.7. The van der Waals surface area contributed by atoms with Gasteiger partial charge in [0.1, 0.15) is 0 Å². The van der Waals surface area contributed by atoms with Crippen molar-refractivity contribution in [3.05, 3.63) is 194 Å². The SMILES string of the molecule is c1ccc(N(c2ccccc2)c2ccc3c(c2)Sc2cc(N(c4ccccc4)c4ccccc4)cc4c2B3c2cccc3c5sc6ccccc6c5n-4c23)cc1. The van der Waals surface area contributed by atoms with Crippen molar-refractivity contribution in [2.45, 2.75) is 9.79 Å². The van der Waals surface area contributed by atoms with Crippen LogP contribution < -0.4 is 26.2 Å². The summed E-state index contributed by atoms with van der Waals surface area (Å²) in [7, 11) is 0. The van der Waals surface area contributed by atoms with Gasteiger partial charge in [-0.2, -0.15) is 0 Å². The van der Waals surface area contributed by atoms with E-state index in [1.54, 1.807) is 0 Å². The Morgan fingerprint density at radius 3 is 1.61 bits per heavy atom. The van der Waals surface area contributed by atoms with Gasteiger partial charge in [-0.05, 0) is 89.8 Å². The molecular weight excluding hydrogens is 718 g/mol. The van der Waals surface area contributed by atoms with Crippen molar-refractivity contribution < 1.29 is 0 Å². The van der Waals surface area contributed by atoms with E-state index in [4.69, 9.17) is 0 Å². The summed E-state index contributed by atoms with van der Waals surface area (Å²) in [4.78, 5) is 7.36. The van der Waals surface area contributed by atoms with Crippen LogP contribution in [0.4, 0.5) is 34.1 Å². The van der Waals surface area contributed by atoms with Crippen LogP contribution in [0.2, 0.25) is 0 Å². The van der Waals surface area contributed by atoms with E-state index in [0.717, 1.165) is 34.1 Å². The normalized spacial score (nSPS) is 12.5. The van der Waals surface area contributed by atoms with E-state index in [2.05, 4.69) is 208 Å². The lowest BCUT2D eigenvalue weighted by Crippen LogP contribution is -2.58. The van der Waals surface area contributed by atoms with E-state index < -0.39 is 0 Å². The molecule has 0 amide bonds. The Hall–Kier alpha value is -6.47. The molecule has 0 aliphatic carbocycles. The molecule has 2 aliphatic heterocycles. The Labute approximate surface area is 333 Å². The molecule has 0 unspecified atom stereocenters. The monoisotopic (exact) mass is 749 g/mol. The molecule has 0 fully saturated rings. The van der Waals surface area contributed by atoms with Crippen LogP contribution in [0.15, 0.2) is 204 Å². The van der Waals surface area contributed by atoms with E-state index in [9.17, 15) is 0 Å². The molecule has 6 heteroatoms. The van der Waals surface area contributed by atoms with Crippen molar-refractivity contribution in [2.24, 2.45) is 0 Å². The van der Waals surface area contributed by atoms with Crippen molar-refractivity contribution in [1.82, 2.24) is 4.57 Å². The quantitative estimate of drug-likeness (QED) is 0.157. The third-order valence-electron chi connectivity index (χ3n) is 11.4. The van der Waals surface area contributed by atoms with Gasteiger partial charge in [0.2, 0.25) is 6.71 Å². The second-order valence-electron chi connectivity index (χ2n) is 14.5. The molecule has 2 aromatic heterocycles. The maximum atomic E-state index is 2.61. The van der Waals surface area contributed by atoms with E-state index in [1.165, 1.54) is 63.1 Å². The highest BCUT2D eigenvalue weighted by Crippen LogP contribution is 2.47. The molecule has 0 saturated heterocycles. The molecule has 12 rings (SSSR count). The molecule has 0 N–H and O–H groups in total. The molecule has 0 saturated carbocycles. The minimum Gasteiger partial charge on any atom is -0.310 e. The lowest BCUT2D eigenvalue weighted by molar-refractivity contribution is 1.16. The highest BCUT2D eigenvalue weighted by atomic mass is 32.2. The molecule has 4 heterocycles. The third-order valence-corrected chi connectivity index (χ3v) is 13.7. The first-order valence-corrected chi connectivity index (χ1v) is 20.7. The van der Waals surface area contributed by atoms with Crippen molar-refractivity contribution >= 4 is 112 Å². The molecule has 262 valence electrons. The van der Waals surface area contributed by atoms with Crippen LogP contribution in [-0.4, -0.2) is 11.3 Å². The van der Waals surface area contributed by atoms with Crippen molar-refractivity contribution in [2.75, 3.05) is 9.80 Å². The maximum absolute atomic E-state index is 2.61. The first-order valence-electron chi connectivity index (χ1n) is 19.1. The Kier molecular flexibility index (Phi) is 7.13. The fourth-order valence-corrected chi connectivity index (χ4v) is 11.5. The molecule has 10 aromatic rings. The molecule has 0 radical (unpaired) electrons. The summed E-state index contributed by atoms with van der Waals surface area (Å²) in [6.07, 6.45) is 0. The van der Waals surface area contributed by atoms with Crippen LogP contribution in [0.5, 0.6) is 0 Å². The Morgan fingerprint density at radius 2 is 0.964 bits per heavy atom. The summed E-state index contributed by atoms with van der Waals surface area (Å²) in [5.74, 6) is 0. The maximum Gasteiger partial charge on any atom is 0.249 e. The van der Waals surface area contributed by atoms with Crippen LogP contribution in [0, 0.1) is 0 Å². The van der Waals surface area contributed by atoms with Crippen LogP contribution >= 0.6 is 23.1 Å². The van der Waals surface area contributed by atoms with Gasteiger partial charge in [-0.15, -0.1) is 11.3 Å². The van der Waals surface area contributed by atoms with Gasteiger partial charge in [0.25, 0.3) is 0 Å². The van der Waals surface area contributed by atoms with Gasteiger partial charge in [-0.3, -0.25) is 0 Å². The molecule has 0 spiro atoms. The van der Waals surface area contributed by atoms with Crippen LogP contribution in [0.25, 0.3) is 36.9 Å². The summed E-state index contributed by atoms with van der Waals surface area (Å²) in [6, 6.07) is 71.0. The van der Waals surface area contributed by atoms with Gasteiger partial charge in [-0.1, -0.05) is 132 Å². The van der Waals surface area contributed by atoms with Gasteiger partial charge in [-0.25, -0.2) is 0 Å². The molecule has 3 nitrogen and oxygen atoms in total. The number of thiophene rings is 1. The van der Waals surface area contributed by atoms with E-state index >= 15 is 0 Å². The van der Waals surface area contributed by atoms with Gasteiger partial charge < -0.3 is 14.4 Å². The summed E-state index contributed by atoms with van der Waals surface area (Å²) < 4.78 is 5.29. The van der Waals surface area contributed by atoms with Crippen LogP contribution in [-0.2, 0) is 0 Å². The lowest BCUT2D eigenvalue weighted by atomic mass is 9.35. The summed E-state index contributed by atoms with van der Waals surface area (Å²) >= 11 is 3.82. The number of rotatable bonds is 6. The highest BCUT2D eigenvalue weighted by Gasteiger charge is 2.41. The van der Waals surface area contributed by atoms with Gasteiger partial charge in [0.05, 0.1) is 15.7 Å². The number of hydrogen-bond donors (Lipinski definition) is 0. The average Bonchev–Trinajstić information content (AvgIpc) is 3.80. The second kappa shape index (κ2) is 12.5. The second-order valence-corrected chi connectivity index (χ2v) is 16.6. The minimum absolute atomic E-state index is 0.0922. The molecule has 0 atom stereocenters. The number of anilines is 6. The molecule has 8 aromatic carbocycles. The Bertz CT molecular complexity index is 3040. The van der Waals surface area contributed by atoms with Crippen molar-refractivity contribution in [3.8, 4) is 5.69 Å². The summed E-state index contributed by atoms with van der Waals surface area (Å²) in [6.45, 7) is 0.0922. The number of aromatic nitrogens is 1. The standard InChI is InChI=1S/C50H32BN3S2/c1-5-16-33(17-6-1)52(34-18-7-2-8-19-34)37-28-29-41-45(31-37)55-46-32-38(53(35-20-9-3-10-21-35)36-22-11-4-12-23-36)30-43-47(46)51(41)42-26-15-25-40-48(42)54(43)49-39-24-13-14-27-44(39)56-50(40)49/h1-32H. The number of hydrogen-bond acceptors (Lipinski definition) is 4. The first-order chi connectivity index (χ1) is 27.8. The largest absolute Gasteiger partial charge is 0.310 e. The first kappa shape index (κ1) is 31.8. The highest BCUT2D eigenvalue weighted by molar-refractivity contribution is 8.00. The summed E-state index contributed by atoms with van der Waals surface area (Å²) in [5.41, 5.74) is 14.8. The number of para-hydroxylation sites is 5. The Morgan fingerprint density at radius 1 is 0.411 bits per heavy atom. The lowest BCUT2D eigenvalue weighted by Gasteiger charge is -2.36. The fraction of sp³-hybridized carbons (Fsp3) is 0. The van der Waals surface area contributed by atoms with E-state index in [-0.39, 0.29) is 6.71 Å². The van der Waals surface area contributed by atoms with Gasteiger partial charge >= 0.3 is 0 Å². The Balaban J connectivity index is 1.15. The smallest absolute Gasteiger partial charge is 0.249 e. The fourth-order valence-electron chi connectivity index (χ4n) is 9.09. The zero-order valence-electron chi connectivity index (χ0n) is 30.2. The van der Waals surface area contributed by atoms with E-state index in [1.807, 2.05) is 23.1 Å². The number of fused-ring (bicyclic) bond motifs is 9. The summed E-state index contributed by atoms with van der Waals surface area (Å²) in [5, 5.41) is 2.64. The van der Waals surface area contributed by atoms with Crippen molar-refractivity contribution in [1.29, 1.82) is 0 Å². The molecule has 2 aliphatic rings. The van der Waals surface area contributed by atoms with Crippen LogP contribution in [0.3, 0.4) is 0 Å². The van der Waals surface area contributed by atoms with Gasteiger partial charge in [0, 0.05) is 65.1 Å². The third kappa shape index (κ3) is 4.73. The molecule has 0 bridgehead atoms. The van der Waals surface area contributed by atoms with E-state index in [0.29, 0.717) is 0 Å². The van der Waals surface area contributed by atoms with Crippen LogP contribution in [0.1, 0.15) is 0 Å². The predicted octanol–water partition coefficient (Wildman–Crippen LogP) is 12.2. The predicted molar refractivity (Wildman–Crippen MR) is 241 cm³/mol. The number of benzene rings is 8. The average molecular weight is 750 g/mol. The topological polar surface area (TPSA) is 11.4 Å². The molecule has 56 heavy (non-hydrogen) atoms. The zero-order valence-corrected chi connectivity index (χ0v) is 31.8. The minimum atomic E-state index is 0.0922. The van der Waals surface area contributed by atoms with Crippen molar-refractivity contribution in [3.63, 3.8) is 0 Å². The van der Waals surface area contributed by atoms with Gasteiger partial charge in [0.15, 0.2) is 0 Å².